The molecule has 0 aliphatic rings. The van der Waals surface area contributed by atoms with Gasteiger partial charge in [0.15, 0.2) is 0 Å². The fourth-order valence-electron chi connectivity index (χ4n) is 0. The monoisotopic (exact) mass is 122 g/mol. The molecule has 0 N–H and O–H groups in total. The molecule has 0 fully saturated rings. The molecule has 0 bridgehead atoms. The van der Waals surface area contributed by atoms with Crippen LogP contribution < -0.4 is 0 Å². The standard InChI is InChI=1S/C4H9.Al.2FH/c1-4(2)3;;;/h1-3H3;;2*1H/q;+2;;/p-2. The summed E-state index contributed by atoms with van der Waals surface area (Å²) in [6, 6.07) is 0. The summed E-state index contributed by atoms with van der Waals surface area (Å²) in [5.41, 5.74) is 0. The van der Waals surface area contributed by atoms with Crippen molar-refractivity contribution in [2.75, 3.05) is 0 Å². The first-order valence-corrected chi connectivity index (χ1v) is 3.68. The fourth-order valence-corrected chi connectivity index (χ4v) is 0. The Labute approximate surface area is 47.9 Å². The third-order valence-corrected chi connectivity index (χ3v) is 1.96. The molecule has 3 heteroatoms. The zero-order chi connectivity index (χ0) is 6.08. The molecule has 0 amide bonds. The summed E-state index contributed by atoms with van der Waals surface area (Å²) in [6.07, 6.45) is 0. The van der Waals surface area contributed by atoms with Gasteiger partial charge in [0.25, 0.3) is 0 Å². The Balaban J connectivity index is 3.54. The minimum Gasteiger partial charge on any atom is -0.374 e. The molecule has 0 spiro atoms. The van der Waals surface area contributed by atoms with E-state index < -0.39 is 19.3 Å². The first-order valence-electron chi connectivity index (χ1n) is 2.23. The van der Waals surface area contributed by atoms with Gasteiger partial charge in [0, 0.05) is 0 Å². The molecular formula is C4H9AlF2. The first kappa shape index (κ1) is 7.39. The van der Waals surface area contributed by atoms with Crippen LogP contribution in [0.25, 0.3) is 0 Å². The molecule has 0 aliphatic carbocycles. The minimum atomic E-state index is -3.36. The Morgan fingerprint density at radius 2 is 1.29 bits per heavy atom. The Morgan fingerprint density at radius 3 is 1.29 bits per heavy atom. The molecule has 0 heterocycles. The van der Waals surface area contributed by atoms with E-state index in [9.17, 15) is 7.05 Å². The van der Waals surface area contributed by atoms with E-state index in [0.717, 1.165) is 0 Å². The van der Waals surface area contributed by atoms with Gasteiger partial charge in [-0.3, -0.25) is 0 Å². The highest BCUT2D eigenvalue weighted by Crippen LogP contribution is 2.27. The lowest BCUT2D eigenvalue weighted by molar-refractivity contribution is 0.548. The van der Waals surface area contributed by atoms with Crippen molar-refractivity contribution >= 4 is 15.1 Å². The van der Waals surface area contributed by atoms with Crippen molar-refractivity contribution in [2.24, 2.45) is 0 Å². The van der Waals surface area contributed by atoms with Crippen LogP contribution in [0.1, 0.15) is 20.8 Å². The summed E-state index contributed by atoms with van der Waals surface area (Å²) in [5.74, 6) is 0. The maximum Gasteiger partial charge on any atom is 0.764 e. The molecule has 0 rings (SSSR count). The molecule has 0 atom stereocenters. The zero-order valence-electron chi connectivity index (χ0n) is 4.83. The van der Waals surface area contributed by atoms with Crippen LogP contribution in [0, 0.1) is 0 Å². The summed E-state index contributed by atoms with van der Waals surface area (Å²) in [4.78, 5) is 0. The van der Waals surface area contributed by atoms with Gasteiger partial charge in [0.1, 0.15) is 0 Å². The van der Waals surface area contributed by atoms with Crippen molar-refractivity contribution < 1.29 is 7.05 Å². The average Bonchev–Trinajstić information content (AvgIpc) is 1.31. The van der Waals surface area contributed by atoms with Crippen LogP contribution in [-0.4, -0.2) is 15.1 Å². The van der Waals surface area contributed by atoms with Gasteiger partial charge >= 0.3 is 15.1 Å². The molecular weight excluding hydrogens is 113 g/mol. The maximum absolute atomic E-state index is 11.7. The van der Waals surface area contributed by atoms with E-state index in [2.05, 4.69) is 0 Å². The topological polar surface area (TPSA) is 0 Å². The summed E-state index contributed by atoms with van der Waals surface area (Å²) >= 11 is -3.36. The van der Waals surface area contributed by atoms with E-state index in [4.69, 9.17) is 0 Å². The highest BCUT2D eigenvalue weighted by molar-refractivity contribution is 6.46. The van der Waals surface area contributed by atoms with Gasteiger partial charge in [-0.1, -0.05) is 20.8 Å². The normalized spacial score (nSPS) is 11.6. The number of rotatable bonds is 0. The number of halogens is 2. The predicted octanol–water partition coefficient (Wildman–Crippen LogP) is 2.21. The van der Waals surface area contributed by atoms with Gasteiger partial charge in [-0.05, 0) is 4.28 Å². The molecule has 42 valence electrons. The third-order valence-electron chi connectivity index (χ3n) is 0.655. The Hall–Kier alpha value is 0.392. The summed E-state index contributed by atoms with van der Waals surface area (Å²) in [7, 11) is 0. The highest BCUT2D eigenvalue weighted by Gasteiger charge is 2.37. The molecule has 7 heavy (non-hydrogen) atoms. The Morgan fingerprint density at radius 1 is 1.14 bits per heavy atom. The Kier molecular flexibility index (Phi) is 2.23. The van der Waals surface area contributed by atoms with E-state index in [1.165, 1.54) is 0 Å². The minimum absolute atomic E-state index is 0.694. The van der Waals surface area contributed by atoms with Crippen LogP contribution in [0.3, 0.4) is 0 Å². The lowest BCUT2D eigenvalue weighted by Crippen LogP contribution is -2.13. The number of hydrogen-bond acceptors (Lipinski definition) is 0. The van der Waals surface area contributed by atoms with Gasteiger partial charge < -0.3 is 7.05 Å². The molecule has 0 radical (unpaired) electrons. The molecule has 0 aliphatic heterocycles. The summed E-state index contributed by atoms with van der Waals surface area (Å²) in [6.45, 7) is 4.72. The van der Waals surface area contributed by atoms with Crippen LogP contribution in [0.2, 0.25) is 4.28 Å². The molecule has 0 aromatic heterocycles. The van der Waals surface area contributed by atoms with Crippen molar-refractivity contribution in [3.8, 4) is 0 Å². The zero-order valence-corrected chi connectivity index (χ0v) is 5.99. The van der Waals surface area contributed by atoms with Crippen LogP contribution in [0.15, 0.2) is 0 Å². The molecule has 0 aromatic carbocycles. The third kappa shape index (κ3) is 3.02. The molecule has 0 saturated heterocycles. The number of hydrogen-bond donors (Lipinski definition) is 0. The predicted molar refractivity (Wildman–Crippen MR) is 27.7 cm³/mol. The SMILES string of the molecule is C[C](C)(C)[Al]([F])[F]. The van der Waals surface area contributed by atoms with E-state index in [0.29, 0.717) is 0 Å². The van der Waals surface area contributed by atoms with Crippen molar-refractivity contribution in [2.45, 2.75) is 25.0 Å². The molecule has 0 aromatic rings. The van der Waals surface area contributed by atoms with Gasteiger partial charge in [0.05, 0.1) is 0 Å². The maximum atomic E-state index is 11.7. The second-order valence-corrected chi connectivity index (χ2v) is 5.00. The summed E-state index contributed by atoms with van der Waals surface area (Å²) in [5, 5.41) is 0. The summed E-state index contributed by atoms with van der Waals surface area (Å²) < 4.78 is 22.7. The van der Waals surface area contributed by atoms with Crippen LogP contribution in [0.5, 0.6) is 0 Å². The molecule has 0 nitrogen and oxygen atoms in total. The van der Waals surface area contributed by atoms with Crippen LogP contribution >= 0.6 is 0 Å². The lowest BCUT2D eigenvalue weighted by atomic mass is 10.2. The Bertz CT molecular complexity index is 55.2. The second-order valence-electron chi connectivity index (χ2n) is 2.67. The van der Waals surface area contributed by atoms with Gasteiger partial charge in [-0.15, -0.1) is 0 Å². The fraction of sp³-hybridized carbons (Fsp3) is 1.00. The van der Waals surface area contributed by atoms with Crippen molar-refractivity contribution in [1.82, 2.24) is 0 Å². The van der Waals surface area contributed by atoms with E-state index in [1.54, 1.807) is 20.8 Å². The molecule has 0 saturated carbocycles. The first-order chi connectivity index (χ1) is 2.94. The lowest BCUT2D eigenvalue weighted by Gasteiger charge is -2.09. The van der Waals surface area contributed by atoms with Crippen molar-refractivity contribution in [3.05, 3.63) is 0 Å². The van der Waals surface area contributed by atoms with Crippen LogP contribution in [0.4, 0.5) is 7.05 Å². The van der Waals surface area contributed by atoms with E-state index in [-0.39, 0.29) is 0 Å². The van der Waals surface area contributed by atoms with Crippen LogP contribution in [-0.2, 0) is 0 Å². The van der Waals surface area contributed by atoms with Crippen molar-refractivity contribution in [3.63, 3.8) is 0 Å². The average molecular weight is 122 g/mol. The molecule has 0 unspecified atom stereocenters. The van der Waals surface area contributed by atoms with Gasteiger partial charge in [-0.2, -0.15) is 0 Å². The van der Waals surface area contributed by atoms with Gasteiger partial charge in [-0.25, -0.2) is 0 Å². The largest absolute Gasteiger partial charge is 0.764 e. The van der Waals surface area contributed by atoms with Gasteiger partial charge in [0.2, 0.25) is 0 Å². The van der Waals surface area contributed by atoms with Crippen molar-refractivity contribution in [1.29, 1.82) is 0 Å². The second kappa shape index (κ2) is 2.11. The quantitative estimate of drug-likeness (QED) is 0.432. The van der Waals surface area contributed by atoms with E-state index >= 15 is 0 Å². The smallest absolute Gasteiger partial charge is 0.374 e. The highest BCUT2D eigenvalue weighted by atomic mass is 27.3. The van der Waals surface area contributed by atoms with E-state index in [1.807, 2.05) is 0 Å².